The lowest BCUT2D eigenvalue weighted by atomic mass is 10.1. The maximum absolute atomic E-state index is 2.21. The Morgan fingerprint density at radius 3 is 2.18 bits per heavy atom. The maximum Gasteiger partial charge on any atom is -0.00680 e. The first-order valence-electron chi connectivity index (χ1n) is 5.68. The van der Waals surface area contributed by atoms with Gasteiger partial charge in [-0.15, -0.1) is 0 Å². The minimum absolute atomic E-state index is 1.27. The lowest BCUT2D eigenvalue weighted by molar-refractivity contribution is 1.77. The van der Waals surface area contributed by atoms with Crippen molar-refractivity contribution in [3.63, 3.8) is 0 Å². The van der Waals surface area contributed by atoms with Crippen LogP contribution in [0, 0.1) is 0 Å². The Bertz CT molecular complexity index is 624. The highest BCUT2D eigenvalue weighted by Gasteiger charge is 2.01. The van der Waals surface area contributed by atoms with Crippen LogP contribution >= 0.6 is 8.58 Å². The number of rotatable bonds is 2. The van der Waals surface area contributed by atoms with Gasteiger partial charge in [0.25, 0.3) is 0 Å². The molecule has 0 N–H and O–H groups in total. The van der Waals surface area contributed by atoms with Gasteiger partial charge in [0, 0.05) is 0 Å². The van der Waals surface area contributed by atoms with Crippen molar-refractivity contribution in [2.75, 3.05) is 0 Å². The summed E-state index contributed by atoms with van der Waals surface area (Å²) < 4.78 is 0. The van der Waals surface area contributed by atoms with E-state index >= 15 is 0 Å². The second-order valence-corrected chi connectivity index (χ2v) is 5.17. The van der Waals surface area contributed by atoms with Crippen molar-refractivity contribution in [2.24, 2.45) is 0 Å². The van der Waals surface area contributed by atoms with Crippen molar-refractivity contribution in [3.8, 4) is 0 Å². The van der Waals surface area contributed by atoms with Crippen molar-refractivity contribution in [1.29, 1.82) is 0 Å². The van der Waals surface area contributed by atoms with Crippen molar-refractivity contribution in [1.82, 2.24) is 0 Å². The molecule has 0 unspecified atom stereocenters. The molecule has 0 aliphatic rings. The van der Waals surface area contributed by atoms with E-state index in [2.05, 4.69) is 72.8 Å². The summed E-state index contributed by atoms with van der Waals surface area (Å²) in [5.74, 6) is 0. The molecule has 3 rings (SSSR count). The van der Waals surface area contributed by atoms with Gasteiger partial charge in [-0.25, -0.2) is 0 Å². The molecular weight excluding hydrogens is 223 g/mol. The standard InChI is InChI=1S/C16H12P/c1-2-9-14(10-3-1)17-16-12-6-8-13-7-4-5-11-15(13)16/h1-12H. The summed E-state index contributed by atoms with van der Waals surface area (Å²) in [6, 6.07) is 25.6. The lowest BCUT2D eigenvalue weighted by Gasteiger charge is -2.05. The third-order valence-electron chi connectivity index (χ3n) is 2.77. The monoisotopic (exact) mass is 235 g/mol. The topological polar surface area (TPSA) is 0 Å². The summed E-state index contributed by atoms with van der Waals surface area (Å²) in [4.78, 5) is 0. The summed E-state index contributed by atoms with van der Waals surface area (Å²) in [7, 11) is 1.27. The zero-order valence-corrected chi connectivity index (χ0v) is 10.3. The molecule has 81 valence electrons. The number of hydrogen-bond donors (Lipinski definition) is 0. The summed E-state index contributed by atoms with van der Waals surface area (Å²) in [6.45, 7) is 0. The smallest absolute Gasteiger partial charge is 0.00680 e. The van der Waals surface area contributed by atoms with Gasteiger partial charge in [0.15, 0.2) is 0 Å². The summed E-state index contributed by atoms with van der Waals surface area (Å²) in [6.07, 6.45) is 0. The molecule has 0 aromatic heterocycles. The second kappa shape index (κ2) is 4.69. The van der Waals surface area contributed by atoms with Crippen LogP contribution in [0.2, 0.25) is 0 Å². The zero-order valence-electron chi connectivity index (χ0n) is 9.38. The fourth-order valence-electron chi connectivity index (χ4n) is 1.95. The fraction of sp³-hybridized carbons (Fsp3) is 0. The van der Waals surface area contributed by atoms with Crippen LogP contribution in [0.4, 0.5) is 0 Å². The van der Waals surface area contributed by atoms with E-state index in [1.165, 1.54) is 30.0 Å². The number of hydrogen-bond acceptors (Lipinski definition) is 0. The number of benzene rings is 3. The molecule has 0 bridgehead atoms. The molecular formula is C16H12P. The normalized spacial score (nSPS) is 11.3. The van der Waals surface area contributed by atoms with E-state index in [9.17, 15) is 0 Å². The van der Waals surface area contributed by atoms with Gasteiger partial charge in [-0.1, -0.05) is 72.8 Å². The second-order valence-electron chi connectivity index (χ2n) is 3.95. The quantitative estimate of drug-likeness (QED) is 0.593. The third kappa shape index (κ3) is 2.23. The van der Waals surface area contributed by atoms with E-state index in [0.717, 1.165) is 0 Å². The molecule has 0 saturated heterocycles. The highest BCUT2D eigenvalue weighted by atomic mass is 31.1. The average Bonchev–Trinajstić information content (AvgIpc) is 2.40. The Kier molecular flexibility index (Phi) is 2.90. The first-order valence-corrected chi connectivity index (χ1v) is 6.57. The van der Waals surface area contributed by atoms with Crippen LogP contribution < -0.4 is 10.6 Å². The van der Waals surface area contributed by atoms with Crippen LogP contribution in [-0.4, -0.2) is 0 Å². The van der Waals surface area contributed by atoms with Crippen molar-refractivity contribution < 1.29 is 0 Å². The minimum Gasteiger partial charge on any atom is -0.0622 e. The minimum atomic E-state index is 1.27. The molecule has 0 atom stereocenters. The van der Waals surface area contributed by atoms with Gasteiger partial charge in [0.05, 0.1) is 0 Å². The van der Waals surface area contributed by atoms with Crippen molar-refractivity contribution >= 4 is 30.0 Å². The van der Waals surface area contributed by atoms with Crippen LogP contribution in [0.3, 0.4) is 0 Å². The maximum atomic E-state index is 2.21. The van der Waals surface area contributed by atoms with E-state index in [1.54, 1.807) is 0 Å². The van der Waals surface area contributed by atoms with Gasteiger partial charge < -0.3 is 0 Å². The van der Waals surface area contributed by atoms with Crippen LogP contribution in [0.1, 0.15) is 0 Å². The highest BCUT2D eigenvalue weighted by Crippen LogP contribution is 2.19. The molecule has 0 amide bonds. The molecule has 1 heteroatoms. The van der Waals surface area contributed by atoms with Crippen LogP contribution in [0.15, 0.2) is 72.8 Å². The van der Waals surface area contributed by atoms with E-state index < -0.39 is 0 Å². The molecule has 0 saturated carbocycles. The van der Waals surface area contributed by atoms with Crippen molar-refractivity contribution in [2.45, 2.75) is 0 Å². The Balaban J connectivity index is 2.06. The lowest BCUT2D eigenvalue weighted by Crippen LogP contribution is -2.03. The van der Waals surface area contributed by atoms with Crippen LogP contribution in [0.25, 0.3) is 10.8 Å². The van der Waals surface area contributed by atoms with E-state index in [-0.39, 0.29) is 0 Å². The summed E-state index contributed by atoms with van der Waals surface area (Å²) >= 11 is 0. The SMILES string of the molecule is c1ccc([P]c2cccc3ccccc23)cc1. The fourth-order valence-corrected chi connectivity index (χ4v) is 3.03. The molecule has 0 aliphatic carbocycles. The predicted octanol–water partition coefficient (Wildman–Crippen LogP) is 3.74. The zero-order chi connectivity index (χ0) is 11.5. The van der Waals surface area contributed by atoms with Gasteiger partial charge in [0.2, 0.25) is 0 Å². The van der Waals surface area contributed by atoms with Gasteiger partial charge >= 0.3 is 0 Å². The van der Waals surface area contributed by atoms with Crippen LogP contribution in [0.5, 0.6) is 0 Å². The third-order valence-corrected chi connectivity index (χ3v) is 3.96. The van der Waals surface area contributed by atoms with E-state index in [4.69, 9.17) is 0 Å². The Labute approximate surface area is 103 Å². The molecule has 0 fully saturated rings. The van der Waals surface area contributed by atoms with Gasteiger partial charge in [-0.2, -0.15) is 0 Å². The molecule has 3 aromatic carbocycles. The Morgan fingerprint density at radius 1 is 0.588 bits per heavy atom. The van der Waals surface area contributed by atoms with Gasteiger partial charge in [-0.3, -0.25) is 0 Å². The molecule has 0 spiro atoms. The molecule has 1 radical (unpaired) electrons. The molecule has 17 heavy (non-hydrogen) atoms. The first kappa shape index (κ1) is 10.5. The Morgan fingerprint density at radius 2 is 1.29 bits per heavy atom. The van der Waals surface area contributed by atoms with Crippen LogP contribution in [-0.2, 0) is 0 Å². The molecule has 3 aromatic rings. The molecule has 0 nitrogen and oxygen atoms in total. The highest BCUT2D eigenvalue weighted by molar-refractivity contribution is 7.56. The Hall–Kier alpha value is -1.65. The average molecular weight is 235 g/mol. The van der Waals surface area contributed by atoms with E-state index in [0.29, 0.717) is 0 Å². The van der Waals surface area contributed by atoms with Crippen molar-refractivity contribution in [3.05, 3.63) is 72.8 Å². The predicted molar refractivity (Wildman–Crippen MR) is 76.6 cm³/mol. The largest absolute Gasteiger partial charge is 0.0622 e. The number of fused-ring (bicyclic) bond motifs is 1. The summed E-state index contributed by atoms with van der Waals surface area (Å²) in [5, 5.41) is 5.37. The molecule has 0 heterocycles. The summed E-state index contributed by atoms with van der Waals surface area (Å²) in [5.41, 5.74) is 0. The van der Waals surface area contributed by atoms with E-state index in [1.807, 2.05) is 0 Å². The van der Waals surface area contributed by atoms with Gasteiger partial charge in [0.1, 0.15) is 0 Å². The molecule has 0 aliphatic heterocycles. The van der Waals surface area contributed by atoms with Gasteiger partial charge in [-0.05, 0) is 30.0 Å². The first-order chi connectivity index (χ1) is 8.43.